The lowest BCUT2D eigenvalue weighted by molar-refractivity contribution is -0.697. The summed E-state index contributed by atoms with van der Waals surface area (Å²) in [6, 6.07) is 10.3. The summed E-state index contributed by atoms with van der Waals surface area (Å²) in [5.41, 5.74) is 2.29. The standard InChI is InChI=1S/C10H16N.C7H8O3S/c1-3-4-7-11-8-5-10(2)6-9-11;1-6-2-4-7(5-3-6)11(8,9)10/h5-6,8-9H,3-4,7H2,1-2H3;2-5H,1H3,(H,8,9,10)/q+1;. The largest absolute Gasteiger partial charge is 0.294 e. The van der Waals surface area contributed by atoms with Crippen LogP contribution in [0.2, 0.25) is 0 Å². The van der Waals surface area contributed by atoms with Crippen molar-refractivity contribution in [3.63, 3.8) is 0 Å². The van der Waals surface area contributed by atoms with Gasteiger partial charge in [-0.1, -0.05) is 31.0 Å². The summed E-state index contributed by atoms with van der Waals surface area (Å²) >= 11 is 0. The third-order valence-electron chi connectivity index (χ3n) is 3.15. The Hall–Kier alpha value is -1.72. The fraction of sp³-hybridized carbons (Fsp3) is 0.353. The molecule has 0 spiro atoms. The van der Waals surface area contributed by atoms with Crippen molar-refractivity contribution in [3.8, 4) is 0 Å². The SMILES string of the molecule is CCCC[n+]1ccc(C)cc1.Cc1ccc(S(=O)(=O)O)cc1. The van der Waals surface area contributed by atoms with E-state index in [1.54, 1.807) is 12.1 Å². The zero-order chi connectivity index (χ0) is 16.6. The predicted octanol–water partition coefficient (Wildman–Crippen LogP) is 3.32. The van der Waals surface area contributed by atoms with Crippen molar-refractivity contribution < 1.29 is 17.5 Å². The van der Waals surface area contributed by atoms with Crippen LogP contribution in [0, 0.1) is 13.8 Å². The van der Waals surface area contributed by atoms with E-state index in [-0.39, 0.29) is 4.90 Å². The van der Waals surface area contributed by atoms with Gasteiger partial charge in [0.1, 0.15) is 6.54 Å². The van der Waals surface area contributed by atoms with E-state index < -0.39 is 10.1 Å². The van der Waals surface area contributed by atoms with Crippen LogP contribution >= 0.6 is 0 Å². The Morgan fingerprint density at radius 1 is 0.955 bits per heavy atom. The highest BCUT2D eigenvalue weighted by atomic mass is 32.2. The van der Waals surface area contributed by atoms with E-state index >= 15 is 0 Å². The molecule has 0 bridgehead atoms. The van der Waals surface area contributed by atoms with Crippen molar-refractivity contribution in [1.29, 1.82) is 0 Å². The zero-order valence-corrected chi connectivity index (χ0v) is 14.2. The number of nitrogens with zero attached hydrogens (tertiary/aromatic N) is 1. The van der Waals surface area contributed by atoms with Crippen molar-refractivity contribution in [2.75, 3.05) is 0 Å². The number of hydrogen-bond acceptors (Lipinski definition) is 2. The lowest BCUT2D eigenvalue weighted by atomic mass is 10.2. The second-order valence-corrected chi connectivity index (χ2v) is 6.68. The highest BCUT2D eigenvalue weighted by molar-refractivity contribution is 7.85. The van der Waals surface area contributed by atoms with Gasteiger partial charge in [-0.3, -0.25) is 4.55 Å². The third kappa shape index (κ3) is 6.83. The Morgan fingerprint density at radius 3 is 1.91 bits per heavy atom. The van der Waals surface area contributed by atoms with Crippen molar-refractivity contribution in [1.82, 2.24) is 0 Å². The van der Waals surface area contributed by atoms with Gasteiger partial charge in [0.15, 0.2) is 12.4 Å². The van der Waals surface area contributed by atoms with Crippen LogP contribution in [0.4, 0.5) is 0 Å². The summed E-state index contributed by atoms with van der Waals surface area (Å²) in [7, 11) is -4.02. The number of unbranched alkanes of at least 4 members (excludes halogenated alkanes) is 1. The number of rotatable bonds is 4. The second-order valence-electron chi connectivity index (χ2n) is 5.25. The maximum absolute atomic E-state index is 10.5. The van der Waals surface area contributed by atoms with Crippen molar-refractivity contribution in [2.45, 2.75) is 45.1 Å². The minimum absolute atomic E-state index is 0.0666. The van der Waals surface area contributed by atoms with Gasteiger partial charge in [-0.15, -0.1) is 0 Å². The quantitative estimate of drug-likeness (QED) is 0.694. The average molecular weight is 322 g/mol. The Balaban J connectivity index is 0.000000220. The highest BCUT2D eigenvalue weighted by Gasteiger charge is 2.06. The van der Waals surface area contributed by atoms with Gasteiger partial charge < -0.3 is 0 Å². The van der Waals surface area contributed by atoms with E-state index in [1.165, 1.54) is 30.5 Å². The molecule has 1 aromatic heterocycles. The summed E-state index contributed by atoms with van der Waals surface area (Å²) in [5.74, 6) is 0. The predicted molar refractivity (Wildman–Crippen MR) is 87.3 cm³/mol. The first kappa shape index (κ1) is 18.3. The normalized spacial score (nSPS) is 10.7. The van der Waals surface area contributed by atoms with Crippen LogP contribution in [-0.2, 0) is 16.7 Å². The van der Waals surface area contributed by atoms with E-state index in [0.29, 0.717) is 0 Å². The minimum atomic E-state index is -4.02. The molecule has 0 radical (unpaired) electrons. The van der Waals surface area contributed by atoms with E-state index in [0.717, 1.165) is 12.1 Å². The maximum atomic E-state index is 10.5. The minimum Gasteiger partial charge on any atom is -0.282 e. The maximum Gasteiger partial charge on any atom is 0.294 e. The number of aryl methyl sites for hydroxylation is 3. The second kappa shape index (κ2) is 8.66. The molecule has 0 unspecified atom stereocenters. The zero-order valence-electron chi connectivity index (χ0n) is 13.4. The molecule has 2 rings (SSSR count). The molecule has 120 valence electrons. The van der Waals surface area contributed by atoms with E-state index in [9.17, 15) is 8.42 Å². The lowest BCUT2D eigenvalue weighted by Crippen LogP contribution is -2.32. The molecule has 0 aliphatic carbocycles. The molecule has 5 heteroatoms. The number of benzene rings is 1. The fourth-order valence-corrected chi connectivity index (χ4v) is 2.21. The summed E-state index contributed by atoms with van der Waals surface area (Å²) in [4.78, 5) is -0.0666. The first-order chi connectivity index (χ1) is 10.3. The molecule has 2 aromatic rings. The lowest BCUT2D eigenvalue weighted by Gasteiger charge is -1.95. The van der Waals surface area contributed by atoms with Gasteiger partial charge in [-0.2, -0.15) is 8.42 Å². The summed E-state index contributed by atoms with van der Waals surface area (Å²) in [6.45, 7) is 7.32. The Morgan fingerprint density at radius 2 is 1.45 bits per heavy atom. The Kier molecular flexibility index (Phi) is 7.21. The topological polar surface area (TPSA) is 58.2 Å². The van der Waals surface area contributed by atoms with Crippen LogP contribution in [0.15, 0.2) is 53.7 Å². The van der Waals surface area contributed by atoms with Gasteiger partial charge in [0.05, 0.1) is 4.90 Å². The van der Waals surface area contributed by atoms with E-state index in [2.05, 4.69) is 42.9 Å². The van der Waals surface area contributed by atoms with Gasteiger partial charge in [-0.05, 0) is 31.5 Å². The number of aromatic nitrogens is 1. The molecule has 0 aliphatic rings. The van der Waals surface area contributed by atoms with Gasteiger partial charge in [-0.25, -0.2) is 4.57 Å². The van der Waals surface area contributed by atoms with Gasteiger partial charge in [0.25, 0.3) is 10.1 Å². The van der Waals surface area contributed by atoms with Crippen LogP contribution in [0.25, 0.3) is 0 Å². The molecule has 1 aromatic carbocycles. The van der Waals surface area contributed by atoms with Crippen LogP contribution in [-0.4, -0.2) is 13.0 Å². The van der Waals surface area contributed by atoms with Gasteiger partial charge in [0, 0.05) is 18.6 Å². The van der Waals surface area contributed by atoms with Crippen LogP contribution in [0.1, 0.15) is 30.9 Å². The van der Waals surface area contributed by atoms with Crippen LogP contribution in [0.3, 0.4) is 0 Å². The molecular formula is C17H24NO3S+. The molecule has 0 fully saturated rings. The third-order valence-corrected chi connectivity index (χ3v) is 4.01. The van der Waals surface area contributed by atoms with E-state index in [4.69, 9.17) is 4.55 Å². The molecule has 22 heavy (non-hydrogen) atoms. The summed E-state index contributed by atoms with van der Waals surface area (Å²) < 4.78 is 31.8. The number of hydrogen-bond donors (Lipinski definition) is 1. The highest BCUT2D eigenvalue weighted by Crippen LogP contribution is 2.08. The van der Waals surface area contributed by atoms with Crippen LogP contribution in [0.5, 0.6) is 0 Å². The fourth-order valence-electron chi connectivity index (χ4n) is 1.73. The number of pyridine rings is 1. The molecule has 1 N–H and O–H groups in total. The van der Waals surface area contributed by atoms with Gasteiger partial charge >= 0.3 is 0 Å². The van der Waals surface area contributed by atoms with E-state index in [1.807, 2.05) is 6.92 Å². The van der Waals surface area contributed by atoms with Crippen LogP contribution < -0.4 is 4.57 Å². The first-order valence-electron chi connectivity index (χ1n) is 7.33. The average Bonchev–Trinajstić information content (AvgIpc) is 2.47. The van der Waals surface area contributed by atoms with Crippen molar-refractivity contribution in [2.24, 2.45) is 0 Å². The molecular weight excluding hydrogens is 298 g/mol. The molecule has 0 atom stereocenters. The molecule has 0 saturated heterocycles. The Bertz CT molecular complexity index is 662. The smallest absolute Gasteiger partial charge is 0.282 e. The summed E-state index contributed by atoms with van der Waals surface area (Å²) in [6.07, 6.45) is 6.82. The van der Waals surface area contributed by atoms with Gasteiger partial charge in [0.2, 0.25) is 0 Å². The molecule has 0 aliphatic heterocycles. The van der Waals surface area contributed by atoms with Crippen molar-refractivity contribution in [3.05, 3.63) is 59.9 Å². The summed E-state index contributed by atoms with van der Waals surface area (Å²) in [5, 5.41) is 0. The first-order valence-corrected chi connectivity index (χ1v) is 8.77. The molecule has 1 heterocycles. The Labute approximate surface area is 133 Å². The molecule has 0 saturated carbocycles. The van der Waals surface area contributed by atoms with Crippen molar-refractivity contribution >= 4 is 10.1 Å². The molecule has 0 amide bonds. The molecule has 4 nitrogen and oxygen atoms in total. The monoisotopic (exact) mass is 322 g/mol.